The van der Waals surface area contributed by atoms with Crippen LogP contribution in [0.15, 0.2) is 24.3 Å². The minimum atomic E-state index is -0.437. The molecule has 104 valence electrons. The van der Waals surface area contributed by atoms with Crippen LogP contribution in [0.1, 0.15) is 18.1 Å². The fraction of sp³-hybridized carbons (Fsp3) is 0.600. The molecule has 1 saturated heterocycles. The SMILES string of the molecule is CN1CCCN(C2COc3ccccc3C2O)CC1. The van der Waals surface area contributed by atoms with E-state index in [1.807, 2.05) is 24.3 Å². The molecule has 2 aliphatic rings. The highest BCUT2D eigenvalue weighted by Gasteiger charge is 2.33. The summed E-state index contributed by atoms with van der Waals surface area (Å²) in [6.07, 6.45) is 0.717. The maximum absolute atomic E-state index is 10.6. The van der Waals surface area contributed by atoms with Crippen molar-refractivity contribution in [3.63, 3.8) is 0 Å². The summed E-state index contributed by atoms with van der Waals surface area (Å²) in [5.41, 5.74) is 0.927. The predicted octanol–water partition coefficient (Wildman–Crippen LogP) is 1.12. The summed E-state index contributed by atoms with van der Waals surface area (Å²) >= 11 is 0. The Hall–Kier alpha value is -1.10. The molecule has 4 heteroatoms. The van der Waals surface area contributed by atoms with Gasteiger partial charge in [-0.05, 0) is 32.6 Å². The normalized spacial score (nSPS) is 29.4. The molecule has 4 nitrogen and oxygen atoms in total. The van der Waals surface area contributed by atoms with Gasteiger partial charge < -0.3 is 14.7 Å². The smallest absolute Gasteiger partial charge is 0.125 e. The van der Waals surface area contributed by atoms with Gasteiger partial charge in [-0.1, -0.05) is 18.2 Å². The van der Waals surface area contributed by atoms with E-state index >= 15 is 0 Å². The summed E-state index contributed by atoms with van der Waals surface area (Å²) in [4.78, 5) is 4.73. The minimum Gasteiger partial charge on any atom is -0.491 e. The Morgan fingerprint density at radius 1 is 1.16 bits per heavy atom. The highest BCUT2D eigenvalue weighted by Crippen LogP contribution is 2.34. The van der Waals surface area contributed by atoms with Crippen molar-refractivity contribution in [2.75, 3.05) is 39.8 Å². The van der Waals surface area contributed by atoms with Gasteiger partial charge >= 0.3 is 0 Å². The lowest BCUT2D eigenvalue weighted by molar-refractivity contribution is 0.00533. The van der Waals surface area contributed by atoms with Gasteiger partial charge in [0.15, 0.2) is 0 Å². The van der Waals surface area contributed by atoms with Gasteiger partial charge in [-0.25, -0.2) is 0 Å². The number of aliphatic hydroxyl groups excluding tert-OH is 1. The maximum Gasteiger partial charge on any atom is 0.125 e. The summed E-state index contributed by atoms with van der Waals surface area (Å²) in [6, 6.07) is 7.90. The van der Waals surface area contributed by atoms with E-state index in [4.69, 9.17) is 4.74 Å². The molecule has 2 unspecified atom stereocenters. The van der Waals surface area contributed by atoms with Gasteiger partial charge in [-0.3, -0.25) is 4.90 Å². The number of aliphatic hydroxyl groups is 1. The fourth-order valence-electron chi connectivity index (χ4n) is 3.03. The van der Waals surface area contributed by atoms with E-state index in [1.54, 1.807) is 0 Å². The molecule has 1 aromatic carbocycles. The highest BCUT2D eigenvalue weighted by molar-refractivity contribution is 5.37. The van der Waals surface area contributed by atoms with Gasteiger partial charge in [-0.2, -0.15) is 0 Å². The van der Waals surface area contributed by atoms with Crippen LogP contribution in [-0.2, 0) is 0 Å². The van der Waals surface area contributed by atoms with Crippen molar-refractivity contribution in [3.05, 3.63) is 29.8 Å². The number of ether oxygens (including phenoxy) is 1. The number of hydrogen-bond donors (Lipinski definition) is 1. The number of rotatable bonds is 1. The summed E-state index contributed by atoms with van der Waals surface area (Å²) in [6.45, 7) is 4.82. The van der Waals surface area contributed by atoms with Crippen LogP contribution in [0.25, 0.3) is 0 Å². The average molecular weight is 262 g/mol. The maximum atomic E-state index is 10.6. The molecule has 1 N–H and O–H groups in total. The van der Waals surface area contributed by atoms with Gasteiger partial charge in [0.1, 0.15) is 18.5 Å². The first-order chi connectivity index (χ1) is 9.25. The highest BCUT2D eigenvalue weighted by atomic mass is 16.5. The van der Waals surface area contributed by atoms with Crippen molar-refractivity contribution < 1.29 is 9.84 Å². The standard InChI is InChI=1S/C15H22N2O2/c1-16-7-4-8-17(10-9-16)13-11-19-14-6-3-2-5-12(14)15(13)18/h2-3,5-6,13,15,18H,4,7-11H2,1H3. The monoisotopic (exact) mass is 262 g/mol. The fourth-order valence-corrected chi connectivity index (χ4v) is 3.03. The quantitative estimate of drug-likeness (QED) is 0.823. The van der Waals surface area contributed by atoms with Crippen LogP contribution in [0.3, 0.4) is 0 Å². The molecule has 2 atom stereocenters. The number of benzene rings is 1. The van der Waals surface area contributed by atoms with Crippen molar-refractivity contribution in [2.24, 2.45) is 0 Å². The van der Waals surface area contributed by atoms with Gasteiger partial charge in [0, 0.05) is 18.7 Å². The summed E-state index contributed by atoms with van der Waals surface area (Å²) in [7, 11) is 2.16. The molecule has 2 heterocycles. The van der Waals surface area contributed by atoms with E-state index in [9.17, 15) is 5.11 Å². The van der Waals surface area contributed by atoms with E-state index < -0.39 is 6.10 Å². The largest absolute Gasteiger partial charge is 0.491 e. The summed E-state index contributed by atoms with van der Waals surface area (Å²) in [5.74, 6) is 0.832. The molecule has 0 radical (unpaired) electrons. The van der Waals surface area contributed by atoms with E-state index in [0.29, 0.717) is 6.61 Å². The molecule has 19 heavy (non-hydrogen) atoms. The van der Waals surface area contributed by atoms with Crippen molar-refractivity contribution in [2.45, 2.75) is 18.6 Å². The zero-order valence-electron chi connectivity index (χ0n) is 11.5. The van der Waals surface area contributed by atoms with Crippen LogP contribution in [0, 0.1) is 0 Å². The summed E-state index contributed by atoms with van der Waals surface area (Å²) < 4.78 is 5.81. The first-order valence-corrected chi connectivity index (χ1v) is 7.08. The number of hydrogen-bond acceptors (Lipinski definition) is 4. The lowest BCUT2D eigenvalue weighted by atomic mass is 9.98. The first kappa shape index (κ1) is 12.9. The molecule has 0 aliphatic carbocycles. The Labute approximate surface area is 114 Å². The van der Waals surface area contributed by atoms with Crippen LogP contribution in [0.5, 0.6) is 5.75 Å². The Morgan fingerprint density at radius 3 is 2.89 bits per heavy atom. The molecule has 1 fully saturated rings. The number of para-hydroxylation sites is 1. The second-order valence-corrected chi connectivity index (χ2v) is 5.55. The van der Waals surface area contributed by atoms with E-state index in [1.165, 1.54) is 0 Å². The number of likely N-dealkylation sites (N-methyl/N-ethyl adjacent to an activating group) is 1. The van der Waals surface area contributed by atoms with Gasteiger partial charge in [0.2, 0.25) is 0 Å². The predicted molar refractivity (Wildman–Crippen MR) is 74.4 cm³/mol. The number of fused-ring (bicyclic) bond motifs is 1. The third-order valence-electron chi connectivity index (χ3n) is 4.23. The first-order valence-electron chi connectivity index (χ1n) is 7.08. The van der Waals surface area contributed by atoms with Crippen molar-refractivity contribution in [3.8, 4) is 5.75 Å². The second-order valence-electron chi connectivity index (χ2n) is 5.55. The topological polar surface area (TPSA) is 35.9 Å². The van der Waals surface area contributed by atoms with E-state index in [2.05, 4.69) is 16.8 Å². The average Bonchev–Trinajstić information content (AvgIpc) is 2.65. The molecule has 0 saturated carbocycles. The number of nitrogens with zero attached hydrogens (tertiary/aromatic N) is 2. The lowest BCUT2D eigenvalue weighted by Gasteiger charge is -2.37. The Kier molecular flexibility index (Phi) is 3.73. The molecule has 0 amide bonds. The molecular formula is C15H22N2O2. The van der Waals surface area contributed by atoms with E-state index in [0.717, 1.165) is 43.9 Å². The van der Waals surface area contributed by atoms with Crippen molar-refractivity contribution >= 4 is 0 Å². The molecular weight excluding hydrogens is 240 g/mol. The molecule has 0 aromatic heterocycles. The minimum absolute atomic E-state index is 0.0846. The lowest BCUT2D eigenvalue weighted by Crippen LogP contribution is -2.47. The molecule has 0 bridgehead atoms. The van der Waals surface area contributed by atoms with Crippen LogP contribution >= 0.6 is 0 Å². The summed E-state index contributed by atoms with van der Waals surface area (Å²) in [5, 5.41) is 10.6. The third-order valence-corrected chi connectivity index (χ3v) is 4.23. The molecule has 3 rings (SSSR count). The third kappa shape index (κ3) is 2.61. The van der Waals surface area contributed by atoms with Crippen molar-refractivity contribution in [1.29, 1.82) is 0 Å². The van der Waals surface area contributed by atoms with Crippen LogP contribution in [0.2, 0.25) is 0 Å². The van der Waals surface area contributed by atoms with Crippen LogP contribution < -0.4 is 4.74 Å². The Bertz CT molecular complexity index is 438. The molecule has 2 aliphatic heterocycles. The second kappa shape index (κ2) is 5.49. The molecule has 0 spiro atoms. The Morgan fingerprint density at radius 2 is 2.00 bits per heavy atom. The zero-order valence-corrected chi connectivity index (χ0v) is 11.5. The van der Waals surface area contributed by atoms with Crippen molar-refractivity contribution in [1.82, 2.24) is 9.80 Å². The zero-order chi connectivity index (χ0) is 13.2. The van der Waals surface area contributed by atoms with Gasteiger partial charge in [-0.15, -0.1) is 0 Å². The van der Waals surface area contributed by atoms with Crippen LogP contribution in [0.4, 0.5) is 0 Å². The Balaban J connectivity index is 1.76. The van der Waals surface area contributed by atoms with E-state index in [-0.39, 0.29) is 6.04 Å². The van der Waals surface area contributed by atoms with Crippen LogP contribution in [-0.4, -0.2) is 60.8 Å². The molecule has 1 aromatic rings. The van der Waals surface area contributed by atoms with Gasteiger partial charge in [0.25, 0.3) is 0 Å². The van der Waals surface area contributed by atoms with Gasteiger partial charge in [0.05, 0.1) is 6.04 Å².